The van der Waals surface area contributed by atoms with Crippen LogP contribution in [0.1, 0.15) is 18.1 Å². The molecule has 0 aliphatic carbocycles. The highest BCUT2D eigenvalue weighted by atomic mass is 127. The summed E-state index contributed by atoms with van der Waals surface area (Å²) in [5, 5.41) is 6.51. The number of rotatable bonds is 8. The summed E-state index contributed by atoms with van der Waals surface area (Å²) in [4.78, 5) is 4.57. The highest BCUT2D eigenvalue weighted by Crippen LogP contribution is 2.17. The van der Waals surface area contributed by atoms with Gasteiger partial charge in [-0.3, -0.25) is 4.72 Å². The summed E-state index contributed by atoms with van der Waals surface area (Å²) in [6, 6.07) is 17.5. The predicted molar refractivity (Wildman–Crippen MR) is 123 cm³/mol. The zero-order valence-electron chi connectivity index (χ0n) is 15.6. The van der Waals surface area contributed by atoms with Crippen LogP contribution in [0.4, 0.5) is 5.69 Å². The van der Waals surface area contributed by atoms with Crippen molar-refractivity contribution < 1.29 is 8.42 Å². The maximum Gasteiger partial charge on any atom is 0.229 e. The van der Waals surface area contributed by atoms with Crippen LogP contribution in [-0.2, 0) is 23.0 Å². The second kappa shape index (κ2) is 11.8. The molecule has 0 bridgehead atoms. The van der Waals surface area contributed by atoms with E-state index in [-0.39, 0.29) is 24.0 Å². The molecule has 0 spiro atoms. The number of para-hydroxylation sites is 1. The maximum atomic E-state index is 11.5. The summed E-state index contributed by atoms with van der Waals surface area (Å²) in [6.07, 6.45) is 2.04. The lowest BCUT2D eigenvalue weighted by Gasteiger charge is -2.13. The largest absolute Gasteiger partial charge is 0.357 e. The van der Waals surface area contributed by atoms with Crippen molar-refractivity contribution in [1.29, 1.82) is 0 Å². The maximum absolute atomic E-state index is 11.5. The Balaban J connectivity index is 0.00000364. The molecule has 8 heteroatoms. The van der Waals surface area contributed by atoms with Crippen molar-refractivity contribution in [2.45, 2.75) is 19.9 Å². The van der Waals surface area contributed by atoms with Gasteiger partial charge in [0.1, 0.15) is 0 Å². The minimum absolute atomic E-state index is 0. The average molecular weight is 502 g/mol. The van der Waals surface area contributed by atoms with Gasteiger partial charge in [0.05, 0.1) is 18.5 Å². The van der Waals surface area contributed by atoms with Crippen molar-refractivity contribution in [3.05, 3.63) is 65.7 Å². The number of hydrogen-bond acceptors (Lipinski definition) is 3. The van der Waals surface area contributed by atoms with Crippen LogP contribution in [0, 0.1) is 0 Å². The number of nitrogens with one attached hydrogen (secondary N) is 3. The second-order valence-electron chi connectivity index (χ2n) is 5.89. The Labute approximate surface area is 178 Å². The first-order chi connectivity index (χ1) is 12.5. The fourth-order valence-electron chi connectivity index (χ4n) is 2.43. The van der Waals surface area contributed by atoms with Crippen molar-refractivity contribution >= 4 is 45.6 Å². The zero-order chi connectivity index (χ0) is 18.8. The average Bonchev–Trinajstić information content (AvgIpc) is 2.60. The third-order valence-electron chi connectivity index (χ3n) is 3.61. The molecule has 2 aromatic carbocycles. The van der Waals surface area contributed by atoms with Crippen molar-refractivity contribution in [2.24, 2.45) is 4.99 Å². The van der Waals surface area contributed by atoms with Gasteiger partial charge in [-0.1, -0.05) is 48.5 Å². The number of guanidine groups is 1. The molecule has 0 radical (unpaired) electrons. The Morgan fingerprint density at radius 2 is 1.67 bits per heavy atom. The zero-order valence-corrected chi connectivity index (χ0v) is 18.8. The molecule has 0 aromatic heterocycles. The molecule has 2 rings (SSSR count). The molecule has 0 atom stereocenters. The van der Waals surface area contributed by atoms with Gasteiger partial charge in [-0.15, -0.1) is 24.0 Å². The van der Waals surface area contributed by atoms with E-state index in [4.69, 9.17) is 0 Å². The molecular formula is C19H27IN4O2S. The molecule has 0 fully saturated rings. The van der Waals surface area contributed by atoms with E-state index in [0.29, 0.717) is 18.2 Å². The second-order valence-corrected chi connectivity index (χ2v) is 7.64. The molecule has 0 amide bonds. The Morgan fingerprint density at radius 3 is 2.33 bits per heavy atom. The topological polar surface area (TPSA) is 82.6 Å². The van der Waals surface area contributed by atoms with E-state index in [1.807, 2.05) is 37.3 Å². The molecule has 2 aromatic rings. The van der Waals surface area contributed by atoms with Crippen LogP contribution in [0.2, 0.25) is 0 Å². The van der Waals surface area contributed by atoms with E-state index >= 15 is 0 Å². The summed E-state index contributed by atoms with van der Waals surface area (Å²) >= 11 is 0. The normalized spacial score (nSPS) is 11.4. The van der Waals surface area contributed by atoms with Crippen LogP contribution in [-0.4, -0.2) is 33.7 Å². The number of sulfonamides is 1. The summed E-state index contributed by atoms with van der Waals surface area (Å²) in [7, 11) is -3.32. The Bertz CT molecular complexity index is 827. The fraction of sp³-hybridized carbons (Fsp3) is 0.316. The summed E-state index contributed by atoms with van der Waals surface area (Å²) in [5.41, 5.74) is 2.63. The van der Waals surface area contributed by atoms with Gasteiger partial charge in [-0.05, 0) is 30.5 Å². The number of anilines is 1. The minimum atomic E-state index is -3.32. The third kappa shape index (κ3) is 9.09. The van der Waals surface area contributed by atoms with Crippen LogP contribution in [0.3, 0.4) is 0 Å². The molecule has 0 saturated heterocycles. The molecule has 27 heavy (non-hydrogen) atoms. The SMILES string of the molecule is CCNC(=NCc1ccccc1NS(C)(=O)=O)NCCc1ccccc1.I. The van der Waals surface area contributed by atoms with Crippen LogP contribution in [0.5, 0.6) is 0 Å². The molecule has 0 unspecified atom stereocenters. The molecule has 0 heterocycles. The van der Waals surface area contributed by atoms with Gasteiger partial charge in [0.25, 0.3) is 0 Å². The van der Waals surface area contributed by atoms with Crippen LogP contribution in [0.25, 0.3) is 0 Å². The summed E-state index contributed by atoms with van der Waals surface area (Å²) in [6.45, 7) is 3.90. The Hall–Kier alpha value is -1.81. The third-order valence-corrected chi connectivity index (χ3v) is 4.20. The standard InChI is InChI=1S/C19H26N4O2S.HI/c1-3-20-19(21-14-13-16-9-5-4-6-10-16)22-15-17-11-7-8-12-18(17)23-26(2,24)25;/h4-12,23H,3,13-15H2,1-2H3,(H2,20,21,22);1H. The number of halogens is 1. The lowest BCUT2D eigenvalue weighted by molar-refractivity contribution is 0.606. The van der Waals surface area contributed by atoms with Crippen molar-refractivity contribution in [3.63, 3.8) is 0 Å². The molecule has 0 aliphatic heterocycles. The smallest absolute Gasteiger partial charge is 0.229 e. The summed E-state index contributed by atoms with van der Waals surface area (Å²) < 4.78 is 25.5. The summed E-state index contributed by atoms with van der Waals surface area (Å²) in [5.74, 6) is 0.706. The van der Waals surface area contributed by atoms with Gasteiger partial charge < -0.3 is 10.6 Å². The van der Waals surface area contributed by atoms with Gasteiger partial charge in [-0.25, -0.2) is 13.4 Å². The number of aliphatic imine (C=N–C) groups is 1. The first-order valence-corrected chi connectivity index (χ1v) is 10.5. The molecule has 0 aliphatic rings. The van der Waals surface area contributed by atoms with E-state index in [0.717, 1.165) is 31.3 Å². The van der Waals surface area contributed by atoms with Gasteiger partial charge in [0.2, 0.25) is 10.0 Å². The molecular weight excluding hydrogens is 475 g/mol. The predicted octanol–water partition coefficient (Wildman–Crippen LogP) is 2.97. The van der Waals surface area contributed by atoms with Crippen LogP contribution in [0.15, 0.2) is 59.6 Å². The van der Waals surface area contributed by atoms with E-state index in [2.05, 4.69) is 32.5 Å². The van der Waals surface area contributed by atoms with E-state index in [1.165, 1.54) is 5.56 Å². The minimum Gasteiger partial charge on any atom is -0.357 e. The van der Waals surface area contributed by atoms with E-state index in [9.17, 15) is 8.42 Å². The van der Waals surface area contributed by atoms with Crippen LogP contribution < -0.4 is 15.4 Å². The Morgan fingerprint density at radius 1 is 1.00 bits per heavy atom. The molecule has 6 nitrogen and oxygen atoms in total. The molecule has 0 saturated carbocycles. The highest BCUT2D eigenvalue weighted by Gasteiger charge is 2.07. The van der Waals surface area contributed by atoms with Gasteiger partial charge >= 0.3 is 0 Å². The Kier molecular flexibility index (Phi) is 10.2. The lowest BCUT2D eigenvalue weighted by Crippen LogP contribution is -2.38. The van der Waals surface area contributed by atoms with Crippen molar-refractivity contribution in [2.75, 3.05) is 24.1 Å². The van der Waals surface area contributed by atoms with Crippen molar-refractivity contribution in [1.82, 2.24) is 10.6 Å². The van der Waals surface area contributed by atoms with E-state index in [1.54, 1.807) is 12.1 Å². The first kappa shape index (κ1) is 23.2. The number of nitrogens with zero attached hydrogens (tertiary/aromatic N) is 1. The van der Waals surface area contributed by atoms with Crippen LogP contribution >= 0.6 is 24.0 Å². The van der Waals surface area contributed by atoms with Gasteiger partial charge in [0.15, 0.2) is 5.96 Å². The molecule has 148 valence electrons. The quantitative estimate of drug-likeness (QED) is 0.295. The fourth-order valence-corrected chi connectivity index (χ4v) is 3.03. The van der Waals surface area contributed by atoms with Gasteiger partial charge in [0, 0.05) is 13.1 Å². The van der Waals surface area contributed by atoms with Crippen molar-refractivity contribution in [3.8, 4) is 0 Å². The van der Waals surface area contributed by atoms with Gasteiger partial charge in [-0.2, -0.15) is 0 Å². The molecule has 3 N–H and O–H groups in total. The monoisotopic (exact) mass is 502 g/mol. The number of hydrogen-bond donors (Lipinski definition) is 3. The number of benzene rings is 2. The highest BCUT2D eigenvalue weighted by molar-refractivity contribution is 14.0. The van der Waals surface area contributed by atoms with E-state index < -0.39 is 10.0 Å². The lowest BCUT2D eigenvalue weighted by atomic mass is 10.1. The first-order valence-electron chi connectivity index (χ1n) is 8.59.